The van der Waals surface area contributed by atoms with Gasteiger partial charge in [0, 0.05) is 0 Å². The topological polar surface area (TPSA) is 73.9 Å². The maximum absolute atomic E-state index is 12.2. The summed E-state index contributed by atoms with van der Waals surface area (Å²) < 4.78 is 16.5. The number of fused-ring (bicyclic) bond motifs is 2. The molecule has 2 aliphatic rings. The van der Waals surface area contributed by atoms with Gasteiger partial charge in [-0.15, -0.1) is 0 Å². The maximum Gasteiger partial charge on any atom is 0.338 e. The summed E-state index contributed by atoms with van der Waals surface area (Å²) in [6.07, 6.45) is 4.10. The van der Waals surface area contributed by atoms with E-state index in [0.717, 1.165) is 19.3 Å². The summed E-state index contributed by atoms with van der Waals surface area (Å²) in [6.45, 7) is 0.315. The molecule has 1 heterocycles. The van der Waals surface area contributed by atoms with Crippen molar-refractivity contribution in [1.29, 1.82) is 0 Å². The lowest BCUT2D eigenvalue weighted by Gasteiger charge is -2.26. The van der Waals surface area contributed by atoms with Gasteiger partial charge in [0.2, 0.25) is 0 Å². The molecule has 146 valence electrons. The molecular weight excluding hydrogens is 358 g/mol. The van der Waals surface area contributed by atoms with Gasteiger partial charge in [-0.1, -0.05) is 18.2 Å². The summed E-state index contributed by atoms with van der Waals surface area (Å²) in [5, 5.41) is 2.72. The number of benzene rings is 2. The van der Waals surface area contributed by atoms with E-state index >= 15 is 0 Å². The van der Waals surface area contributed by atoms with Crippen LogP contribution in [-0.4, -0.2) is 37.7 Å². The van der Waals surface area contributed by atoms with Crippen molar-refractivity contribution < 1.29 is 23.8 Å². The normalized spacial score (nSPS) is 17.4. The van der Waals surface area contributed by atoms with Gasteiger partial charge in [-0.3, -0.25) is 4.79 Å². The summed E-state index contributed by atoms with van der Waals surface area (Å²) in [7, 11) is 0. The number of hydrogen-bond acceptors (Lipinski definition) is 5. The summed E-state index contributed by atoms with van der Waals surface area (Å²) in [4.78, 5) is 24.2. The van der Waals surface area contributed by atoms with Crippen molar-refractivity contribution in [3.05, 3.63) is 59.2 Å². The molecule has 0 spiro atoms. The second kappa shape index (κ2) is 8.33. The zero-order chi connectivity index (χ0) is 19.3. The molecule has 0 radical (unpaired) electrons. The molecule has 0 saturated carbocycles. The van der Waals surface area contributed by atoms with Crippen molar-refractivity contribution in [2.75, 3.05) is 19.8 Å². The maximum atomic E-state index is 12.2. The van der Waals surface area contributed by atoms with E-state index in [2.05, 4.69) is 5.32 Å². The number of para-hydroxylation sites is 2. The molecule has 1 atom stereocenters. The minimum atomic E-state index is -0.477. The summed E-state index contributed by atoms with van der Waals surface area (Å²) in [5.41, 5.74) is 3.01. The highest BCUT2D eigenvalue weighted by atomic mass is 16.6. The van der Waals surface area contributed by atoms with Gasteiger partial charge in [0.15, 0.2) is 18.1 Å². The Morgan fingerprint density at radius 2 is 1.82 bits per heavy atom. The molecular formula is C22H23NO5. The molecule has 0 aromatic heterocycles. The fraction of sp³-hybridized carbons (Fsp3) is 0.364. The van der Waals surface area contributed by atoms with Crippen molar-refractivity contribution in [2.45, 2.75) is 31.8 Å². The minimum absolute atomic E-state index is 0.281. The highest BCUT2D eigenvalue weighted by Gasteiger charge is 2.21. The van der Waals surface area contributed by atoms with Crippen LogP contribution in [0.2, 0.25) is 0 Å². The molecule has 28 heavy (non-hydrogen) atoms. The number of ether oxygens (including phenoxy) is 3. The van der Waals surface area contributed by atoms with E-state index in [1.165, 1.54) is 17.5 Å². The first-order valence-electron chi connectivity index (χ1n) is 9.63. The number of carbonyl (C=O) groups excluding carboxylic acids is 2. The quantitative estimate of drug-likeness (QED) is 0.806. The van der Waals surface area contributed by atoms with E-state index in [9.17, 15) is 9.59 Å². The van der Waals surface area contributed by atoms with Crippen LogP contribution in [0.3, 0.4) is 0 Å². The Kier molecular flexibility index (Phi) is 5.46. The van der Waals surface area contributed by atoms with Crippen LogP contribution in [0.25, 0.3) is 0 Å². The Labute approximate surface area is 163 Å². The number of carbonyl (C=O) groups is 2. The van der Waals surface area contributed by atoms with E-state index in [1.54, 1.807) is 6.07 Å². The third kappa shape index (κ3) is 4.27. The van der Waals surface area contributed by atoms with E-state index in [-0.39, 0.29) is 25.2 Å². The molecule has 1 aliphatic carbocycles. The highest BCUT2D eigenvalue weighted by molar-refractivity contribution is 5.91. The summed E-state index contributed by atoms with van der Waals surface area (Å²) >= 11 is 0. The molecule has 2 aromatic carbocycles. The van der Waals surface area contributed by atoms with Crippen LogP contribution in [0.5, 0.6) is 11.5 Å². The first-order chi connectivity index (χ1) is 13.7. The second-order valence-corrected chi connectivity index (χ2v) is 7.07. The van der Waals surface area contributed by atoms with Crippen LogP contribution in [0.4, 0.5) is 0 Å². The second-order valence-electron chi connectivity index (χ2n) is 7.07. The number of amides is 1. The number of nitrogens with one attached hydrogen (secondary N) is 1. The van der Waals surface area contributed by atoms with Crippen LogP contribution in [0.15, 0.2) is 42.5 Å². The average Bonchev–Trinajstić information content (AvgIpc) is 2.75. The first-order valence-corrected chi connectivity index (χ1v) is 9.63. The lowest BCUT2D eigenvalue weighted by atomic mass is 9.90. The molecule has 0 saturated heterocycles. The van der Waals surface area contributed by atoms with E-state index in [4.69, 9.17) is 14.2 Å². The minimum Gasteiger partial charge on any atom is -0.486 e. The predicted octanol–water partition coefficient (Wildman–Crippen LogP) is 2.68. The van der Waals surface area contributed by atoms with Gasteiger partial charge in [-0.25, -0.2) is 4.79 Å². The van der Waals surface area contributed by atoms with Crippen LogP contribution >= 0.6 is 0 Å². The Balaban J connectivity index is 1.23. The lowest BCUT2D eigenvalue weighted by Crippen LogP contribution is -2.42. The summed E-state index contributed by atoms with van der Waals surface area (Å²) in [6, 6.07) is 13.1. The first kappa shape index (κ1) is 18.3. The molecule has 0 unspecified atom stereocenters. The number of hydrogen-bond donors (Lipinski definition) is 1. The highest BCUT2D eigenvalue weighted by Crippen LogP contribution is 2.30. The largest absolute Gasteiger partial charge is 0.486 e. The monoisotopic (exact) mass is 381 g/mol. The number of esters is 1. The molecule has 1 aliphatic heterocycles. The molecule has 4 rings (SSSR count). The molecule has 1 N–H and O–H groups in total. The standard InChI is InChI=1S/C22H23NO5/c24-21(23-12-18-13-26-19-7-3-4-8-20(19)28-18)14-27-22(25)17-10-9-15-5-1-2-6-16(15)11-17/h3-4,7-11,18H,1-2,5-6,12-14H2,(H,23,24)/t18-/m0/s1. The smallest absolute Gasteiger partial charge is 0.338 e. The van der Waals surface area contributed by atoms with E-state index in [0.29, 0.717) is 23.7 Å². The van der Waals surface area contributed by atoms with Crippen molar-refractivity contribution in [1.82, 2.24) is 5.32 Å². The zero-order valence-corrected chi connectivity index (χ0v) is 15.6. The SMILES string of the molecule is O=C(COC(=O)c1ccc2c(c1)CCCC2)NC[C@H]1COc2ccccc2O1. The third-order valence-electron chi connectivity index (χ3n) is 5.01. The van der Waals surface area contributed by atoms with Gasteiger partial charge in [0.1, 0.15) is 12.7 Å². The molecule has 2 aromatic rings. The Bertz CT molecular complexity index is 879. The molecule has 0 fully saturated rings. The zero-order valence-electron chi connectivity index (χ0n) is 15.6. The molecule has 6 nitrogen and oxygen atoms in total. The Morgan fingerprint density at radius 3 is 2.68 bits per heavy atom. The fourth-order valence-electron chi connectivity index (χ4n) is 3.52. The van der Waals surface area contributed by atoms with Crippen molar-refractivity contribution in [2.24, 2.45) is 0 Å². The van der Waals surface area contributed by atoms with Crippen LogP contribution < -0.4 is 14.8 Å². The van der Waals surface area contributed by atoms with Gasteiger partial charge >= 0.3 is 5.97 Å². The molecule has 1 amide bonds. The van der Waals surface area contributed by atoms with Gasteiger partial charge in [-0.05, 0) is 61.1 Å². The van der Waals surface area contributed by atoms with Gasteiger partial charge in [-0.2, -0.15) is 0 Å². The van der Waals surface area contributed by atoms with E-state index in [1.807, 2.05) is 36.4 Å². The predicted molar refractivity (Wildman–Crippen MR) is 103 cm³/mol. The van der Waals surface area contributed by atoms with Crippen LogP contribution in [0, 0.1) is 0 Å². The van der Waals surface area contributed by atoms with E-state index < -0.39 is 5.97 Å². The molecule has 6 heteroatoms. The van der Waals surface area contributed by atoms with Gasteiger partial charge in [0.25, 0.3) is 5.91 Å². The van der Waals surface area contributed by atoms with Crippen molar-refractivity contribution in [3.8, 4) is 11.5 Å². The third-order valence-corrected chi connectivity index (χ3v) is 5.01. The van der Waals surface area contributed by atoms with Crippen molar-refractivity contribution >= 4 is 11.9 Å². The average molecular weight is 381 g/mol. The van der Waals surface area contributed by atoms with Crippen LogP contribution in [-0.2, 0) is 22.4 Å². The van der Waals surface area contributed by atoms with Crippen LogP contribution in [0.1, 0.15) is 34.3 Å². The number of rotatable bonds is 5. The fourth-order valence-corrected chi connectivity index (χ4v) is 3.52. The number of aryl methyl sites for hydroxylation is 2. The molecule has 0 bridgehead atoms. The Hall–Kier alpha value is -3.02. The van der Waals surface area contributed by atoms with Gasteiger partial charge < -0.3 is 19.5 Å². The van der Waals surface area contributed by atoms with Crippen molar-refractivity contribution in [3.63, 3.8) is 0 Å². The van der Waals surface area contributed by atoms with Gasteiger partial charge in [0.05, 0.1) is 12.1 Å². The lowest BCUT2D eigenvalue weighted by molar-refractivity contribution is -0.124. The Morgan fingerprint density at radius 1 is 1.04 bits per heavy atom. The summed E-state index contributed by atoms with van der Waals surface area (Å²) in [5.74, 6) is 0.513.